The maximum absolute atomic E-state index is 14.3. The molecule has 0 aliphatic carbocycles. The Kier molecular flexibility index (Phi) is 5.28. The van der Waals surface area contributed by atoms with E-state index in [-0.39, 0.29) is 17.2 Å². The van der Waals surface area contributed by atoms with Gasteiger partial charge in [0.15, 0.2) is 0 Å². The quantitative estimate of drug-likeness (QED) is 0.875. The van der Waals surface area contributed by atoms with Gasteiger partial charge >= 0.3 is 0 Å². The number of carbonyl (C=O) groups is 1. The number of nitrogens with one attached hydrogen (secondary N) is 2. The van der Waals surface area contributed by atoms with E-state index in [0.29, 0.717) is 17.9 Å². The predicted molar refractivity (Wildman–Crippen MR) is 91.7 cm³/mol. The molecule has 2 aromatic carbocycles. The van der Waals surface area contributed by atoms with Crippen LogP contribution in [0.5, 0.6) is 5.75 Å². The van der Waals surface area contributed by atoms with E-state index in [9.17, 15) is 13.6 Å². The molecule has 0 bridgehead atoms. The van der Waals surface area contributed by atoms with Gasteiger partial charge in [0, 0.05) is 24.2 Å². The third-order valence-electron chi connectivity index (χ3n) is 4.37. The minimum Gasteiger partial charge on any atom is -0.497 e. The van der Waals surface area contributed by atoms with Gasteiger partial charge in [0.05, 0.1) is 12.7 Å². The highest BCUT2D eigenvalue weighted by Crippen LogP contribution is 2.27. The average Bonchev–Trinajstić information content (AvgIpc) is 3.13. The summed E-state index contributed by atoms with van der Waals surface area (Å²) in [6, 6.07) is 8.69. The zero-order valence-corrected chi connectivity index (χ0v) is 13.9. The summed E-state index contributed by atoms with van der Waals surface area (Å²) in [6.45, 7) is 1.41. The number of halogens is 2. The van der Waals surface area contributed by atoms with Crippen molar-refractivity contribution in [1.29, 1.82) is 0 Å². The van der Waals surface area contributed by atoms with E-state index in [4.69, 9.17) is 4.74 Å². The second kappa shape index (κ2) is 7.61. The summed E-state index contributed by atoms with van der Waals surface area (Å²) in [5, 5.41) is 6.00. The Balaban J connectivity index is 1.75. The van der Waals surface area contributed by atoms with Crippen LogP contribution in [0, 0.1) is 11.6 Å². The lowest BCUT2D eigenvalue weighted by molar-refractivity contribution is 0.0946. The van der Waals surface area contributed by atoms with Crippen molar-refractivity contribution in [2.45, 2.75) is 18.9 Å². The first kappa shape index (κ1) is 17.4. The third-order valence-corrected chi connectivity index (χ3v) is 4.37. The average molecular weight is 346 g/mol. The van der Waals surface area contributed by atoms with E-state index in [2.05, 4.69) is 10.6 Å². The smallest absolute Gasteiger partial charge is 0.254 e. The van der Waals surface area contributed by atoms with Crippen molar-refractivity contribution in [2.75, 3.05) is 20.2 Å². The van der Waals surface area contributed by atoms with Crippen molar-refractivity contribution < 1.29 is 18.3 Å². The van der Waals surface area contributed by atoms with Gasteiger partial charge in [0.25, 0.3) is 5.91 Å². The molecule has 1 fully saturated rings. The zero-order chi connectivity index (χ0) is 17.8. The summed E-state index contributed by atoms with van der Waals surface area (Å²) in [5.41, 5.74) is 0.573. The molecule has 132 valence electrons. The van der Waals surface area contributed by atoms with Crippen LogP contribution in [0.2, 0.25) is 0 Å². The Labute approximate surface area is 145 Å². The molecule has 2 aromatic rings. The minimum atomic E-state index is -0.676. The number of carbonyl (C=O) groups excluding carboxylic acids is 1. The van der Waals surface area contributed by atoms with Gasteiger partial charge in [0.2, 0.25) is 0 Å². The lowest BCUT2D eigenvalue weighted by Crippen LogP contribution is -2.37. The molecular formula is C19H20F2N2O2. The molecule has 4 nitrogen and oxygen atoms in total. The molecule has 6 heteroatoms. The van der Waals surface area contributed by atoms with E-state index >= 15 is 0 Å². The van der Waals surface area contributed by atoms with Gasteiger partial charge in [-0.3, -0.25) is 4.79 Å². The van der Waals surface area contributed by atoms with Crippen LogP contribution in [0.15, 0.2) is 36.4 Å². The molecule has 0 saturated carbocycles. The summed E-state index contributed by atoms with van der Waals surface area (Å²) in [7, 11) is 1.45. The number of rotatable bonds is 5. The van der Waals surface area contributed by atoms with Crippen molar-refractivity contribution in [1.82, 2.24) is 10.6 Å². The highest BCUT2D eigenvalue weighted by Gasteiger charge is 2.18. The largest absolute Gasteiger partial charge is 0.497 e. The predicted octanol–water partition coefficient (Wildman–Crippen LogP) is 3.12. The van der Waals surface area contributed by atoms with Crippen LogP contribution >= 0.6 is 0 Å². The fraction of sp³-hybridized carbons (Fsp3) is 0.316. The standard InChI is InChI=1S/C19H20F2N2O2/c1-25-14-5-7-15(18(21)10-14)12-4-6-16(17(20)9-12)19(24)23-11-13-3-2-8-22-13/h4-7,9-10,13,22H,2-3,8,11H2,1H3,(H,23,24). The number of hydrogen-bond acceptors (Lipinski definition) is 3. The van der Waals surface area contributed by atoms with Gasteiger partial charge in [-0.1, -0.05) is 6.07 Å². The zero-order valence-electron chi connectivity index (χ0n) is 13.9. The molecular weight excluding hydrogens is 326 g/mol. The highest BCUT2D eigenvalue weighted by molar-refractivity contribution is 5.95. The van der Waals surface area contributed by atoms with Gasteiger partial charge in [-0.25, -0.2) is 8.78 Å². The van der Waals surface area contributed by atoms with E-state index < -0.39 is 17.5 Å². The summed E-state index contributed by atoms with van der Waals surface area (Å²) in [5.74, 6) is -1.26. The summed E-state index contributed by atoms with van der Waals surface area (Å²) >= 11 is 0. The molecule has 1 unspecified atom stereocenters. The second-order valence-electron chi connectivity index (χ2n) is 6.04. The molecule has 2 N–H and O–H groups in total. The number of ether oxygens (including phenoxy) is 1. The van der Waals surface area contributed by atoms with E-state index in [1.165, 1.54) is 37.4 Å². The lowest BCUT2D eigenvalue weighted by Gasteiger charge is -2.12. The fourth-order valence-electron chi connectivity index (χ4n) is 2.97. The first-order chi connectivity index (χ1) is 12.1. The Morgan fingerprint density at radius 2 is 2.08 bits per heavy atom. The van der Waals surface area contributed by atoms with Crippen LogP contribution < -0.4 is 15.4 Å². The molecule has 3 rings (SSSR count). The monoisotopic (exact) mass is 346 g/mol. The molecule has 1 aliphatic rings. The maximum atomic E-state index is 14.3. The van der Waals surface area contributed by atoms with Gasteiger partial charge in [-0.2, -0.15) is 0 Å². The summed E-state index contributed by atoms with van der Waals surface area (Å²) < 4.78 is 33.4. The molecule has 1 heterocycles. The Bertz CT molecular complexity index is 774. The van der Waals surface area contributed by atoms with Crippen molar-refractivity contribution in [3.63, 3.8) is 0 Å². The highest BCUT2D eigenvalue weighted by atomic mass is 19.1. The van der Waals surface area contributed by atoms with Crippen molar-refractivity contribution >= 4 is 5.91 Å². The van der Waals surface area contributed by atoms with Gasteiger partial charge in [-0.15, -0.1) is 0 Å². The Hall–Kier alpha value is -2.47. The maximum Gasteiger partial charge on any atom is 0.254 e. The molecule has 1 aliphatic heterocycles. The number of benzene rings is 2. The topological polar surface area (TPSA) is 50.4 Å². The molecule has 1 atom stereocenters. The molecule has 25 heavy (non-hydrogen) atoms. The van der Waals surface area contributed by atoms with Gasteiger partial charge in [-0.05, 0) is 49.2 Å². The first-order valence-electron chi connectivity index (χ1n) is 8.23. The second-order valence-corrected chi connectivity index (χ2v) is 6.04. The third kappa shape index (κ3) is 3.96. The lowest BCUT2D eigenvalue weighted by atomic mass is 10.0. The van der Waals surface area contributed by atoms with E-state index in [1.54, 1.807) is 6.07 Å². The van der Waals surface area contributed by atoms with Crippen LogP contribution in [0.3, 0.4) is 0 Å². The van der Waals surface area contributed by atoms with Gasteiger partial charge in [0.1, 0.15) is 17.4 Å². The van der Waals surface area contributed by atoms with Crippen molar-refractivity contribution in [2.24, 2.45) is 0 Å². The molecule has 0 spiro atoms. The number of hydrogen-bond donors (Lipinski definition) is 2. The number of amides is 1. The Morgan fingerprint density at radius 3 is 2.72 bits per heavy atom. The number of methoxy groups -OCH3 is 1. The normalized spacial score (nSPS) is 16.7. The summed E-state index contributed by atoms with van der Waals surface area (Å²) in [4.78, 5) is 12.2. The van der Waals surface area contributed by atoms with Crippen molar-refractivity contribution in [3.05, 3.63) is 53.6 Å². The molecule has 0 aromatic heterocycles. The van der Waals surface area contributed by atoms with Crippen LogP contribution in [-0.2, 0) is 0 Å². The van der Waals surface area contributed by atoms with E-state index in [0.717, 1.165) is 19.4 Å². The fourth-order valence-corrected chi connectivity index (χ4v) is 2.97. The van der Waals surface area contributed by atoms with Crippen LogP contribution in [0.4, 0.5) is 8.78 Å². The van der Waals surface area contributed by atoms with E-state index in [1.807, 2.05) is 0 Å². The minimum absolute atomic E-state index is 0.0457. The molecule has 1 amide bonds. The van der Waals surface area contributed by atoms with Crippen LogP contribution in [0.25, 0.3) is 11.1 Å². The first-order valence-corrected chi connectivity index (χ1v) is 8.23. The SMILES string of the molecule is COc1ccc(-c2ccc(C(=O)NCC3CCCN3)c(F)c2)c(F)c1. The van der Waals surface area contributed by atoms with Gasteiger partial charge < -0.3 is 15.4 Å². The Morgan fingerprint density at radius 1 is 1.24 bits per heavy atom. The molecule has 0 radical (unpaired) electrons. The molecule has 1 saturated heterocycles. The van der Waals surface area contributed by atoms with Crippen molar-refractivity contribution in [3.8, 4) is 16.9 Å². The summed E-state index contributed by atoms with van der Waals surface area (Å²) in [6.07, 6.45) is 2.08. The van der Waals surface area contributed by atoms with Crippen LogP contribution in [-0.4, -0.2) is 32.1 Å². The van der Waals surface area contributed by atoms with Crippen LogP contribution in [0.1, 0.15) is 23.2 Å².